The van der Waals surface area contributed by atoms with Gasteiger partial charge in [0.2, 0.25) is 0 Å². The predicted octanol–water partition coefficient (Wildman–Crippen LogP) is 5.95. The van der Waals surface area contributed by atoms with E-state index < -0.39 is 6.04 Å². The molecule has 1 N–H and O–H groups in total. The third kappa shape index (κ3) is 4.93. The lowest BCUT2D eigenvalue weighted by molar-refractivity contribution is -0.148. The van der Waals surface area contributed by atoms with E-state index in [1.54, 1.807) is 11.0 Å². The summed E-state index contributed by atoms with van der Waals surface area (Å²) < 4.78 is 5.45. The second kappa shape index (κ2) is 10.2. The maximum Gasteiger partial charge on any atom is 0.329 e. The number of nitrogens with one attached hydrogen (secondary N) is 1. The normalized spacial score (nSPS) is 18.3. The first-order chi connectivity index (χ1) is 14.4. The summed E-state index contributed by atoms with van der Waals surface area (Å²) >= 11 is 7.95. The Kier molecular flexibility index (Phi) is 7.67. The number of thioether (sulfide) groups is 1. The van der Waals surface area contributed by atoms with E-state index >= 15 is 0 Å². The average Bonchev–Trinajstić information content (AvgIpc) is 3.16. The molecule has 2 unspecified atom stereocenters. The molecule has 30 heavy (non-hydrogen) atoms. The maximum atomic E-state index is 13.4. The van der Waals surface area contributed by atoms with E-state index in [0.717, 1.165) is 35.2 Å². The molecular weight excluding hydrogens is 420 g/mol. The second-order valence-electron chi connectivity index (χ2n) is 7.35. The van der Waals surface area contributed by atoms with Crippen LogP contribution in [0.4, 0.5) is 10.5 Å². The van der Waals surface area contributed by atoms with Crippen LogP contribution in [0.25, 0.3) is 0 Å². The molecule has 2 aromatic carbocycles. The zero-order valence-corrected chi connectivity index (χ0v) is 19.1. The fraction of sp³-hybridized carbons (Fsp3) is 0.391. The molecule has 0 aliphatic carbocycles. The van der Waals surface area contributed by atoms with Crippen molar-refractivity contribution in [3.8, 4) is 0 Å². The number of urea groups is 1. The molecule has 1 heterocycles. The van der Waals surface area contributed by atoms with Crippen molar-refractivity contribution < 1.29 is 14.3 Å². The molecule has 1 aliphatic heterocycles. The molecule has 0 radical (unpaired) electrons. The number of anilines is 1. The van der Waals surface area contributed by atoms with Gasteiger partial charge in [0.25, 0.3) is 0 Å². The number of nitrogens with zero attached hydrogens (tertiary/aromatic N) is 1. The van der Waals surface area contributed by atoms with Gasteiger partial charge in [0, 0.05) is 22.0 Å². The number of carbonyl (C=O) groups is 2. The van der Waals surface area contributed by atoms with Gasteiger partial charge in [0.15, 0.2) is 0 Å². The van der Waals surface area contributed by atoms with Crippen molar-refractivity contribution in [2.24, 2.45) is 0 Å². The summed E-state index contributed by atoms with van der Waals surface area (Å²) in [6.07, 6.45) is 1.74. The Balaban J connectivity index is 1.90. The van der Waals surface area contributed by atoms with E-state index in [-0.39, 0.29) is 17.4 Å². The van der Waals surface area contributed by atoms with Gasteiger partial charge >= 0.3 is 12.0 Å². The molecule has 7 heteroatoms. The number of hydrogen-bond donors (Lipinski definition) is 1. The fourth-order valence-electron chi connectivity index (χ4n) is 3.45. The first-order valence-electron chi connectivity index (χ1n) is 10.1. The predicted molar refractivity (Wildman–Crippen MR) is 123 cm³/mol. The lowest BCUT2D eigenvalue weighted by atomic mass is 10.1. The first kappa shape index (κ1) is 22.5. The van der Waals surface area contributed by atoms with Gasteiger partial charge in [-0.1, -0.05) is 61.3 Å². The molecule has 1 fully saturated rings. The number of rotatable bonds is 6. The largest absolute Gasteiger partial charge is 0.464 e. The minimum atomic E-state index is -0.669. The lowest BCUT2D eigenvalue weighted by Gasteiger charge is -2.29. The van der Waals surface area contributed by atoms with Crippen molar-refractivity contribution in [3.63, 3.8) is 0 Å². The van der Waals surface area contributed by atoms with Crippen LogP contribution in [-0.2, 0) is 9.53 Å². The Bertz CT molecular complexity index is 901. The van der Waals surface area contributed by atoms with Gasteiger partial charge in [-0.25, -0.2) is 9.59 Å². The lowest BCUT2D eigenvalue weighted by Crippen LogP contribution is -2.46. The van der Waals surface area contributed by atoms with Gasteiger partial charge in [-0.2, -0.15) is 0 Å². The number of unbranched alkanes of at least 4 members (excludes halogenated alkanes) is 1. The average molecular weight is 447 g/mol. The van der Waals surface area contributed by atoms with E-state index in [1.807, 2.05) is 57.2 Å². The van der Waals surface area contributed by atoms with E-state index in [4.69, 9.17) is 16.3 Å². The smallest absolute Gasteiger partial charge is 0.329 e. The molecule has 0 aromatic heterocycles. The quantitative estimate of drug-likeness (QED) is 0.440. The molecule has 2 amide bonds. The third-order valence-corrected chi connectivity index (χ3v) is 6.78. The topological polar surface area (TPSA) is 58.6 Å². The van der Waals surface area contributed by atoms with Crippen LogP contribution >= 0.6 is 23.4 Å². The minimum absolute atomic E-state index is 0.334. The molecule has 160 valence electrons. The van der Waals surface area contributed by atoms with Crippen molar-refractivity contribution in [2.75, 3.05) is 17.7 Å². The van der Waals surface area contributed by atoms with Crippen LogP contribution < -0.4 is 5.32 Å². The third-order valence-electron chi connectivity index (χ3n) is 5.13. The summed E-state index contributed by atoms with van der Waals surface area (Å²) in [7, 11) is 0. The number of aryl methyl sites for hydroxylation is 2. The van der Waals surface area contributed by atoms with Gasteiger partial charge in [-0.05, 0) is 37.5 Å². The van der Waals surface area contributed by atoms with Crippen molar-refractivity contribution in [2.45, 2.75) is 45.0 Å². The van der Waals surface area contributed by atoms with Crippen LogP contribution in [0.15, 0.2) is 42.5 Å². The summed E-state index contributed by atoms with van der Waals surface area (Å²) in [4.78, 5) is 27.8. The number of benzene rings is 2. The molecule has 1 saturated heterocycles. The zero-order chi connectivity index (χ0) is 21.7. The molecule has 2 aromatic rings. The highest BCUT2D eigenvalue weighted by molar-refractivity contribution is 7.99. The van der Waals surface area contributed by atoms with Crippen LogP contribution in [0.1, 0.15) is 41.8 Å². The number of hydrogen-bond acceptors (Lipinski definition) is 4. The van der Waals surface area contributed by atoms with Crippen molar-refractivity contribution >= 4 is 41.1 Å². The van der Waals surface area contributed by atoms with Gasteiger partial charge in [0.05, 0.1) is 6.61 Å². The summed E-state index contributed by atoms with van der Waals surface area (Å²) in [5.41, 5.74) is 3.50. The van der Waals surface area contributed by atoms with Crippen LogP contribution in [0.3, 0.4) is 0 Å². The van der Waals surface area contributed by atoms with Crippen LogP contribution in [0.2, 0.25) is 5.02 Å². The molecule has 1 aliphatic rings. The minimum Gasteiger partial charge on any atom is -0.464 e. The summed E-state index contributed by atoms with van der Waals surface area (Å²) in [5, 5.41) is 3.22. The Morgan fingerprint density at radius 3 is 2.53 bits per heavy atom. The number of carbonyl (C=O) groups excluding carboxylic acids is 2. The highest BCUT2D eigenvalue weighted by atomic mass is 35.5. The van der Waals surface area contributed by atoms with Gasteiger partial charge in [-0.3, -0.25) is 4.90 Å². The highest BCUT2D eigenvalue weighted by Gasteiger charge is 2.44. The van der Waals surface area contributed by atoms with E-state index in [0.29, 0.717) is 17.4 Å². The fourth-order valence-corrected chi connectivity index (χ4v) is 5.20. The van der Waals surface area contributed by atoms with Gasteiger partial charge < -0.3 is 10.1 Å². The van der Waals surface area contributed by atoms with Crippen molar-refractivity contribution in [1.82, 2.24) is 4.90 Å². The molecule has 0 saturated carbocycles. The number of ether oxygens (including phenoxy) is 1. The molecule has 5 nitrogen and oxygen atoms in total. The van der Waals surface area contributed by atoms with E-state index in [2.05, 4.69) is 5.32 Å². The van der Waals surface area contributed by atoms with Gasteiger partial charge in [0.1, 0.15) is 11.4 Å². The van der Waals surface area contributed by atoms with Gasteiger partial charge in [-0.15, -0.1) is 11.8 Å². The zero-order valence-electron chi connectivity index (χ0n) is 17.5. The summed E-state index contributed by atoms with van der Waals surface area (Å²) in [5.74, 6) is 0.0863. The SMILES string of the molecule is CCCCOC(=O)C1CSC(c2ccccc2Cl)N1C(=O)Nc1c(C)cccc1C. The van der Waals surface area contributed by atoms with Crippen LogP contribution in [0.5, 0.6) is 0 Å². The Hall–Kier alpha value is -2.18. The Labute approximate surface area is 187 Å². The molecular formula is C23H27ClN2O3S. The second-order valence-corrected chi connectivity index (χ2v) is 8.87. The first-order valence-corrected chi connectivity index (χ1v) is 11.5. The number of halogens is 1. The Morgan fingerprint density at radius 2 is 1.87 bits per heavy atom. The summed E-state index contributed by atoms with van der Waals surface area (Å²) in [6, 6.07) is 12.3. The number of esters is 1. The molecule has 0 spiro atoms. The molecule has 3 rings (SSSR count). The van der Waals surface area contributed by atoms with Crippen molar-refractivity contribution in [1.29, 1.82) is 0 Å². The highest BCUT2D eigenvalue weighted by Crippen LogP contribution is 2.44. The standard InChI is InChI=1S/C23H27ClN2O3S/c1-4-5-13-29-22(27)19-14-30-21(17-11-6-7-12-18(17)24)26(19)23(28)25-20-15(2)9-8-10-16(20)3/h6-12,19,21H,4-5,13-14H2,1-3H3,(H,25,28). The molecule has 0 bridgehead atoms. The van der Waals surface area contributed by atoms with E-state index in [9.17, 15) is 9.59 Å². The van der Waals surface area contributed by atoms with Crippen LogP contribution in [-0.4, -0.2) is 35.3 Å². The number of para-hydroxylation sites is 1. The van der Waals surface area contributed by atoms with Crippen LogP contribution in [0, 0.1) is 13.8 Å². The number of amides is 2. The van der Waals surface area contributed by atoms with E-state index in [1.165, 1.54) is 11.8 Å². The summed E-state index contributed by atoms with van der Waals surface area (Å²) in [6.45, 7) is 6.29. The Morgan fingerprint density at radius 1 is 1.17 bits per heavy atom. The van der Waals surface area contributed by atoms with Crippen molar-refractivity contribution in [3.05, 3.63) is 64.2 Å². The monoisotopic (exact) mass is 446 g/mol. The molecule has 2 atom stereocenters. The maximum absolute atomic E-state index is 13.4.